The Morgan fingerprint density at radius 2 is 2.25 bits per heavy atom. The maximum Gasteiger partial charge on any atom is 0.323 e. The summed E-state index contributed by atoms with van der Waals surface area (Å²) in [5.41, 5.74) is -0.275. The predicted molar refractivity (Wildman–Crippen MR) is 59.1 cm³/mol. The summed E-state index contributed by atoms with van der Waals surface area (Å²) in [5, 5.41) is 12.2. The Labute approximate surface area is 96.1 Å². The molecule has 0 aromatic rings. The lowest BCUT2D eigenvalue weighted by Crippen LogP contribution is -2.34. The molecular formula is C11H21NO4. The summed E-state index contributed by atoms with van der Waals surface area (Å²) in [7, 11) is 1.64. The Hall–Kier alpha value is -0.650. The van der Waals surface area contributed by atoms with E-state index in [1.807, 2.05) is 13.8 Å². The van der Waals surface area contributed by atoms with Crippen LogP contribution >= 0.6 is 0 Å². The standard InChI is InChI=1S/C11H21NO4/c1-11(2,15-3)4-5-16-10(14)9-6-8(13)7-12-9/h8-9,12-13H,4-7H2,1-3H3/t8?,9-/m0/s1. The number of carbonyl (C=O) groups is 1. The molecule has 0 spiro atoms. The average Bonchev–Trinajstić information content (AvgIpc) is 2.64. The molecule has 94 valence electrons. The number of aliphatic hydroxyl groups is 1. The monoisotopic (exact) mass is 231 g/mol. The molecule has 5 heteroatoms. The van der Waals surface area contributed by atoms with Gasteiger partial charge in [0, 0.05) is 26.5 Å². The lowest BCUT2D eigenvalue weighted by Gasteiger charge is -2.22. The Morgan fingerprint density at radius 3 is 2.75 bits per heavy atom. The van der Waals surface area contributed by atoms with Gasteiger partial charge in [-0.3, -0.25) is 4.79 Å². The second kappa shape index (κ2) is 5.61. The van der Waals surface area contributed by atoms with Gasteiger partial charge in [-0.2, -0.15) is 0 Å². The Balaban J connectivity index is 2.20. The minimum absolute atomic E-state index is 0.275. The van der Waals surface area contributed by atoms with Crippen molar-refractivity contribution in [3.63, 3.8) is 0 Å². The quantitative estimate of drug-likeness (QED) is 0.655. The van der Waals surface area contributed by atoms with E-state index in [4.69, 9.17) is 9.47 Å². The van der Waals surface area contributed by atoms with E-state index in [9.17, 15) is 9.90 Å². The zero-order chi connectivity index (χ0) is 12.2. The van der Waals surface area contributed by atoms with Crippen molar-refractivity contribution in [2.24, 2.45) is 0 Å². The van der Waals surface area contributed by atoms with E-state index < -0.39 is 6.10 Å². The number of hydrogen-bond acceptors (Lipinski definition) is 5. The predicted octanol–water partition coefficient (Wildman–Crippen LogP) is 0.0675. The minimum atomic E-state index is -0.437. The highest BCUT2D eigenvalue weighted by Crippen LogP contribution is 2.13. The molecular weight excluding hydrogens is 210 g/mol. The molecule has 1 rings (SSSR count). The van der Waals surface area contributed by atoms with Crippen molar-refractivity contribution in [1.29, 1.82) is 0 Å². The number of nitrogens with one attached hydrogen (secondary N) is 1. The maximum absolute atomic E-state index is 11.5. The highest BCUT2D eigenvalue weighted by atomic mass is 16.5. The van der Waals surface area contributed by atoms with Gasteiger partial charge in [-0.25, -0.2) is 0 Å². The highest BCUT2D eigenvalue weighted by Gasteiger charge is 2.29. The molecule has 0 aromatic carbocycles. The van der Waals surface area contributed by atoms with Crippen LogP contribution in [0.4, 0.5) is 0 Å². The van der Waals surface area contributed by atoms with Crippen LogP contribution in [0.25, 0.3) is 0 Å². The van der Waals surface area contributed by atoms with E-state index >= 15 is 0 Å². The summed E-state index contributed by atoms with van der Waals surface area (Å²) >= 11 is 0. The molecule has 0 saturated carbocycles. The third-order valence-electron chi connectivity index (χ3n) is 2.89. The van der Waals surface area contributed by atoms with E-state index in [-0.39, 0.29) is 17.6 Å². The normalized spacial score (nSPS) is 25.8. The van der Waals surface area contributed by atoms with Crippen LogP contribution in [0.3, 0.4) is 0 Å². The molecule has 0 aliphatic carbocycles. The molecule has 16 heavy (non-hydrogen) atoms. The van der Waals surface area contributed by atoms with Crippen LogP contribution in [0.5, 0.6) is 0 Å². The fourth-order valence-electron chi connectivity index (χ4n) is 1.50. The first kappa shape index (κ1) is 13.4. The van der Waals surface area contributed by atoms with Gasteiger partial charge in [0.2, 0.25) is 0 Å². The number of ether oxygens (including phenoxy) is 2. The Morgan fingerprint density at radius 1 is 1.56 bits per heavy atom. The van der Waals surface area contributed by atoms with Gasteiger partial charge in [-0.1, -0.05) is 0 Å². The van der Waals surface area contributed by atoms with E-state index in [0.717, 1.165) is 0 Å². The molecule has 1 heterocycles. The summed E-state index contributed by atoms with van der Waals surface area (Å²) in [6.45, 7) is 4.69. The molecule has 0 bridgehead atoms. The summed E-state index contributed by atoms with van der Waals surface area (Å²) in [5.74, 6) is -0.288. The van der Waals surface area contributed by atoms with Crippen LogP contribution in [0.1, 0.15) is 26.7 Å². The zero-order valence-electron chi connectivity index (χ0n) is 10.2. The smallest absolute Gasteiger partial charge is 0.323 e. The van der Waals surface area contributed by atoms with Crippen LogP contribution in [0.15, 0.2) is 0 Å². The van der Waals surface area contributed by atoms with E-state index in [1.165, 1.54) is 0 Å². The van der Waals surface area contributed by atoms with Gasteiger partial charge in [0.1, 0.15) is 6.04 Å². The highest BCUT2D eigenvalue weighted by molar-refractivity contribution is 5.76. The fourth-order valence-corrected chi connectivity index (χ4v) is 1.50. The van der Waals surface area contributed by atoms with E-state index in [1.54, 1.807) is 7.11 Å². The van der Waals surface area contributed by atoms with Gasteiger partial charge >= 0.3 is 5.97 Å². The Bertz CT molecular complexity index is 242. The first-order valence-corrected chi connectivity index (χ1v) is 5.58. The van der Waals surface area contributed by atoms with Crippen LogP contribution < -0.4 is 5.32 Å². The lowest BCUT2D eigenvalue weighted by molar-refractivity contribution is -0.147. The third-order valence-corrected chi connectivity index (χ3v) is 2.89. The van der Waals surface area contributed by atoms with Crippen molar-refractivity contribution in [1.82, 2.24) is 5.32 Å². The maximum atomic E-state index is 11.5. The van der Waals surface area contributed by atoms with Gasteiger partial charge in [0.25, 0.3) is 0 Å². The largest absolute Gasteiger partial charge is 0.464 e. The van der Waals surface area contributed by atoms with Crippen LogP contribution in [0.2, 0.25) is 0 Å². The van der Waals surface area contributed by atoms with Gasteiger partial charge in [0.05, 0.1) is 18.3 Å². The number of β-amino-alcohol motifs (C(OH)–C–C–N with tert-alkyl or cyclic N) is 1. The van der Waals surface area contributed by atoms with E-state index in [0.29, 0.717) is 26.0 Å². The zero-order valence-corrected chi connectivity index (χ0v) is 10.2. The molecule has 1 unspecified atom stereocenters. The topological polar surface area (TPSA) is 67.8 Å². The van der Waals surface area contributed by atoms with Crippen LogP contribution in [0, 0.1) is 0 Å². The number of aliphatic hydroxyl groups excluding tert-OH is 1. The summed E-state index contributed by atoms with van der Waals surface area (Å²) < 4.78 is 10.3. The molecule has 2 N–H and O–H groups in total. The third kappa shape index (κ3) is 4.08. The van der Waals surface area contributed by atoms with Crippen molar-refractivity contribution in [2.75, 3.05) is 20.3 Å². The number of hydrogen-bond donors (Lipinski definition) is 2. The first-order chi connectivity index (χ1) is 7.44. The fraction of sp³-hybridized carbons (Fsp3) is 0.909. The molecule has 1 saturated heterocycles. The minimum Gasteiger partial charge on any atom is -0.464 e. The van der Waals surface area contributed by atoms with Crippen LogP contribution in [-0.4, -0.2) is 49.1 Å². The summed E-state index contributed by atoms with van der Waals surface area (Å²) in [6.07, 6.45) is 0.657. The van der Waals surface area contributed by atoms with Gasteiger partial charge in [0.15, 0.2) is 0 Å². The van der Waals surface area contributed by atoms with E-state index in [2.05, 4.69) is 5.32 Å². The molecule has 1 aliphatic heterocycles. The molecule has 1 fully saturated rings. The Kier molecular flexibility index (Phi) is 4.70. The molecule has 0 aromatic heterocycles. The molecule has 0 amide bonds. The first-order valence-electron chi connectivity index (χ1n) is 5.58. The summed E-state index contributed by atoms with van der Waals surface area (Å²) in [4.78, 5) is 11.5. The number of esters is 1. The van der Waals surface area contributed by atoms with Crippen molar-refractivity contribution in [3.8, 4) is 0 Å². The second-order valence-corrected chi connectivity index (χ2v) is 4.73. The SMILES string of the molecule is COC(C)(C)CCOC(=O)[C@@H]1CC(O)CN1. The summed E-state index contributed by atoms with van der Waals surface area (Å²) in [6, 6.07) is -0.361. The van der Waals surface area contributed by atoms with Crippen molar-refractivity contribution >= 4 is 5.97 Å². The molecule has 1 aliphatic rings. The molecule has 0 radical (unpaired) electrons. The van der Waals surface area contributed by atoms with Gasteiger partial charge in [-0.15, -0.1) is 0 Å². The number of carbonyl (C=O) groups excluding carboxylic acids is 1. The van der Waals surface area contributed by atoms with Crippen molar-refractivity contribution in [2.45, 2.75) is 44.4 Å². The molecule has 2 atom stereocenters. The second-order valence-electron chi connectivity index (χ2n) is 4.73. The average molecular weight is 231 g/mol. The number of rotatable bonds is 5. The van der Waals surface area contributed by atoms with Gasteiger partial charge in [-0.05, 0) is 13.8 Å². The van der Waals surface area contributed by atoms with Crippen molar-refractivity contribution in [3.05, 3.63) is 0 Å². The van der Waals surface area contributed by atoms with Gasteiger partial charge < -0.3 is 19.9 Å². The molecule has 5 nitrogen and oxygen atoms in total. The number of methoxy groups -OCH3 is 1. The lowest BCUT2D eigenvalue weighted by atomic mass is 10.1. The van der Waals surface area contributed by atoms with Crippen molar-refractivity contribution < 1.29 is 19.4 Å². The van der Waals surface area contributed by atoms with Crippen LogP contribution in [-0.2, 0) is 14.3 Å².